The lowest BCUT2D eigenvalue weighted by Crippen LogP contribution is -2.36. The first kappa shape index (κ1) is 12.6. The molecule has 0 saturated carbocycles. The van der Waals surface area contributed by atoms with Crippen LogP contribution < -0.4 is 5.46 Å². The highest BCUT2D eigenvalue weighted by molar-refractivity contribution is 6.67. The molecule has 0 fully saturated rings. The number of hydrogen-bond acceptors (Lipinski definition) is 2. The number of furan rings is 1. The molecule has 0 radical (unpaired) electrons. The summed E-state index contributed by atoms with van der Waals surface area (Å²) < 4.78 is 5.47. The fraction of sp³-hybridized carbons (Fsp3) is 0.375. The van der Waals surface area contributed by atoms with E-state index in [2.05, 4.69) is 25.1 Å². The van der Waals surface area contributed by atoms with Gasteiger partial charge in [-0.25, -0.2) is 0 Å². The summed E-state index contributed by atoms with van der Waals surface area (Å²) in [4.78, 5) is 0. The van der Waals surface area contributed by atoms with Gasteiger partial charge in [0.1, 0.15) is 5.76 Å². The molecule has 0 atom stereocenters. The summed E-state index contributed by atoms with van der Waals surface area (Å²) in [5.74, 6) is 1.07. The molecular formula is C16H19BO2. The number of fused-ring (bicyclic) bond motifs is 1. The van der Waals surface area contributed by atoms with Gasteiger partial charge in [-0.3, -0.25) is 0 Å². The van der Waals surface area contributed by atoms with Gasteiger partial charge >= 0.3 is 6.92 Å². The lowest BCUT2D eigenvalue weighted by atomic mass is 9.53. The van der Waals surface area contributed by atoms with Crippen molar-refractivity contribution in [1.82, 2.24) is 0 Å². The molecule has 3 rings (SSSR count). The molecule has 1 N–H and O–H groups in total. The minimum Gasteiger partial charge on any atom is -0.469 e. The van der Waals surface area contributed by atoms with E-state index in [0.717, 1.165) is 43.2 Å². The van der Waals surface area contributed by atoms with Crippen LogP contribution in [-0.4, -0.2) is 11.9 Å². The first-order chi connectivity index (χ1) is 9.24. The maximum absolute atomic E-state index is 10.1. The molecule has 1 aliphatic heterocycles. The van der Waals surface area contributed by atoms with Crippen LogP contribution in [0.2, 0.25) is 6.32 Å². The zero-order chi connectivity index (χ0) is 13.2. The van der Waals surface area contributed by atoms with Gasteiger partial charge in [0.05, 0.1) is 6.26 Å². The predicted octanol–water partition coefficient (Wildman–Crippen LogP) is 2.51. The molecule has 2 heterocycles. The normalized spacial score (nSPS) is 14.5. The van der Waals surface area contributed by atoms with E-state index in [1.165, 1.54) is 16.7 Å². The molecule has 0 aliphatic carbocycles. The molecule has 1 aromatic carbocycles. The number of benzene rings is 1. The SMILES string of the molecule is Cc1ccoc1CCc1ccc2c(c1)B(O)CCC2. The van der Waals surface area contributed by atoms with Crippen LogP contribution in [0.3, 0.4) is 0 Å². The van der Waals surface area contributed by atoms with Crippen molar-refractivity contribution in [1.29, 1.82) is 0 Å². The summed E-state index contributed by atoms with van der Waals surface area (Å²) in [5.41, 5.74) is 4.96. The van der Waals surface area contributed by atoms with Crippen molar-refractivity contribution < 1.29 is 9.44 Å². The molecule has 2 nitrogen and oxygen atoms in total. The van der Waals surface area contributed by atoms with Crippen LogP contribution >= 0.6 is 0 Å². The molecule has 98 valence electrons. The molecule has 3 heteroatoms. The quantitative estimate of drug-likeness (QED) is 0.854. The van der Waals surface area contributed by atoms with E-state index in [1.807, 2.05) is 6.07 Å². The van der Waals surface area contributed by atoms with Crippen LogP contribution in [0.25, 0.3) is 0 Å². The maximum atomic E-state index is 10.1. The van der Waals surface area contributed by atoms with Crippen LogP contribution in [0.5, 0.6) is 0 Å². The summed E-state index contributed by atoms with van der Waals surface area (Å²) in [6.45, 7) is 1.81. The number of aryl methyl sites for hydroxylation is 4. The fourth-order valence-corrected chi connectivity index (χ4v) is 2.90. The van der Waals surface area contributed by atoms with Crippen molar-refractivity contribution in [3.63, 3.8) is 0 Å². The molecule has 0 spiro atoms. The Kier molecular flexibility index (Phi) is 3.47. The van der Waals surface area contributed by atoms with Gasteiger partial charge in [0.15, 0.2) is 0 Å². The third-order valence-corrected chi connectivity index (χ3v) is 4.10. The molecule has 0 amide bonds. The first-order valence-electron chi connectivity index (χ1n) is 7.07. The van der Waals surface area contributed by atoms with E-state index >= 15 is 0 Å². The standard InChI is InChI=1S/C16H19BO2/c1-12-8-10-19-16(12)7-5-13-4-6-14-3-2-9-17(18)15(14)11-13/h4,6,8,10-11,18H,2-3,5,7,9H2,1H3. The summed E-state index contributed by atoms with van der Waals surface area (Å²) in [6, 6.07) is 8.56. The minimum atomic E-state index is -0.269. The second kappa shape index (κ2) is 5.26. The molecule has 0 saturated heterocycles. The molecule has 1 aliphatic rings. The number of rotatable bonds is 3. The van der Waals surface area contributed by atoms with E-state index in [1.54, 1.807) is 6.26 Å². The van der Waals surface area contributed by atoms with Gasteiger partial charge in [-0.05, 0) is 48.7 Å². The number of hydrogen-bond donors (Lipinski definition) is 1. The van der Waals surface area contributed by atoms with E-state index in [0.29, 0.717) is 0 Å². The summed E-state index contributed by atoms with van der Waals surface area (Å²) >= 11 is 0. The smallest absolute Gasteiger partial charge is 0.323 e. The van der Waals surface area contributed by atoms with E-state index in [4.69, 9.17) is 4.42 Å². The van der Waals surface area contributed by atoms with Crippen molar-refractivity contribution in [3.8, 4) is 0 Å². The zero-order valence-corrected chi connectivity index (χ0v) is 11.4. The van der Waals surface area contributed by atoms with E-state index in [9.17, 15) is 5.02 Å². The van der Waals surface area contributed by atoms with Crippen molar-refractivity contribution in [2.24, 2.45) is 0 Å². The van der Waals surface area contributed by atoms with Gasteiger partial charge in [0, 0.05) is 6.42 Å². The molecular weight excluding hydrogens is 235 g/mol. The second-order valence-corrected chi connectivity index (χ2v) is 5.47. The molecule has 2 aromatic rings. The molecule has 0 unspecified atom stereocenters. The Labute approximate surface area is 114 Å². The topological polar surface area (TPSA) is 33.4 Å². The largest absolute Gasteiger partial charge is 0.469 e. The highest BCUT2D eigenvalue weighted by atomic mass is 16.3. The van der Waals surface area contributed by atoms with Crippen LogP contribution in [0.1, 0.15) is 28.9 Å². The predicted molar refractivity (Wildman–Crippen MR) is 78.0 cm³/mol. The average molecular weight is 254 g/mol. The fourth-order valence-electron chi connectivity index (χ4n) is 2.90. The lowest BCUT2D eigenvalue weighted by Gasteiger charge is -2.19. The molecule has 19 heavy (non-hydrogen) atoms. The molecule has 1 aromatic heterocycles. The summed E-state index contributed by atoms with van der Waals surface area (Å²) in [6.07, 6.45) is 6.74. The minimum absolute atomic E-state index is 0.269. The lowest BCUT2D eigenvalue weighted by molar-refractivity contribution is 0.506. The zero-order valence-electron chi connectivity index (χ0n) is 11.4. The maximum Gasteiger partial charge on any atom is 0.323 e. The van der Waals surface area contributed by atoms with Crippen molar-refractivity contribution in [3.05, 3.63) is 53.0 Å². The Morgan fingerprint density at radius 1 is 1.26 bits per heavy atom. The Balaban J connectivity index is 1.75. The second-order valence-electron chi connectivity index (χ2n) is 5.47. The Morgan fingerprint density at radius 2 is 2.16 bits per heavy atom. The highest BCUT2D eigenvalue weighted by Crippen LogP contribution is 2.17. The van der Waals surface area contributed by atoms with Gasteiger partial charge in [-0.1, -0.05) is 30.2 Å². The Bertz CT molecular complexity index is 574. The van der Waals surface area contributed by atoms with Gasteiger partial charge in [-0.2, -0.15) is 0 Å². The highest BCUT2D eigenvalue weighted by Gasteiger charge is 2.22. The Hall–Kier alpha value is -1.48. The molecule has 0 bridgehead atoms. The summed E-state index contributed by atoms with van der Waals surface area (Å²) in [5, 5.41) is 10.1. The van der Waals surface area contributed by atoms with E-state index < -0.39 is 0 Å². The van der Waals surface area contributed by atoms with Crippen LogP contribution in [-0.2, 0) is 19.3 Å². The summed E-state index contributed by atoms with van der Waals surface area (Å²) in [7, 11) is 0. The average Bonchev–Trinajstić information content (AvgIpc) is 2.83. The van der Waals surface area contributed by atoms with Crippen molar-refractivity contribution in [2.75, 3.05) is 0 Å². The van der Waals surface area contributed by atoms with Gasteiger partial charge in [0.25, 0.3) is 0 Å². The van der Waals surface area contributed by atoms with E-state index in [-0.39, 0.29) is 6.92 Å². The van der Waals surface area contributed by atoms with Gasteiger partial charge in [0.2, 0.25) is 0 Å². The van der Waals surface area contributed by atoms with Gasteiger partial charge in [-0.15, -0.1) is 0 Å². The Morgan fingerprint density at radius 3 is 2.95 bits per heavy atom. The van der Waals surface area contributed by atoms with Gasteiger partial charge < -0.3 is 9.44 Å². The van der Waals surface area contributed by atoms with Crippen LogP contribution in [0.4, 0.5) is 0 Å². The third kappa shape index (κ3) is 2.61. The van der Waals surface area contributed by atoms with Crippen molar-refractivity contribution >= 4 is 12.4 Å². The van der Waals surface area contributed by atoms with Crippen molar-refractivity contribution in [2.45, 2.75) is 38.9 Å². The van der Waals surface area contributed by atoms with Crippen LogP contribution in [0, 0.1) is 6.92 Å². The monoisotopic (exact) mass is 254 g/mol. The third-order valence-electron chi connectivity index (χ3n) is 4.10. The van der Waals surface area contributed by atoms with Crippen LogP contribution in [0.15, 0.2) is 34.9 Å². The first-order valence-corrected chi connectivity index (χ1v) is 7.07.